The Morgan fingerprint density at radius 1 is 0.917 bits per heavy atom. The highest BCUT2D eigenvalue weighted by atomic mass is 16.2. The SMILES string of the molecule is CCC(=O)N1CCC2CCC(C1)N2C.CN1C2CCNCC1CC2. The number of carbonyl (C=O) groups is 1. The number of likely N-dealkylation sites (N-methyl/N-ethyl adjacent to an activating group) is 2. The van der Waals surface area contributed by atoms with E-state index in [1.165, 1.54) is 51.6 Å². The lowest BCUT2D eigenvalue weighted by Gasteiger charge is -2.25. The Balaban J connectivity index is 0.000000149. The molecule has 4 rings (SSSR count). The zero-order chi connectivity index (χ0) is 17.1. The molecule has 4 bridgehead atoms. The Morgan fingerprint density at radius 3 is 2.29 bits per heavy atom. The van der Waals surface area contributed by atoms with Gasteiger partial charge in [-0.25, -0.2) is 0 Å². The first-order chi connectivity index (χ1) is 11.6. The zero-order valence-electron chi connectivity index (χ0n) is 15.8. The number of fused-ring (bicyclic) bond motifs is 4. The van der Waals surface area contributed by atoms with Crippen molar-refractivity contribution in [3.05, 3.63) is 0 Å². The fourth-order valence-electron chi connectivity index (χ4n) is 4.98. The summed E-state index contributed by atoms with van der Waals surface area (Å²) >= 11 is 0. The van der Waals surface area contributed by atoms with Crippen molar-refractivity contribution in [2.24, 2.45) is 0 Å². The normalized spacial score (nSPS) is 36.7. The zero-order valence-corrected chi connectivity index (χ0v) is 15.8. The van der Waals surface area contributed by atoms with Crippen LogP contribution in [0.1, 0.15) is 51.9 Å². The first-order valence-electron chi connectivity index (χ1n) is 10.0. The Hall–Kier alpha value is -0.650. The predicted octanol–water partition coefficient (Wildman–Crippen LogP) is 1.53. The van der Waals surface area contributed by atoms with Crippen LogP contribution >= 0.6 is 0 Å². The van der Waals surface area contributed by atoms with Gasteiger partial charge in [0.2, 0.25) is 5.91 Å². The highest BCUT2D eigenvalue weighted by Crippen LogP contribution is 2.28. The average molecular weight is 337 g/mol. The Bertz CT molecular complexity index is 416. The summed E-state index contributed by atoms with van der Waals surface area (Å²) in [6, 6.07) is 3.08. The lowest BCUT2D eigenvalue weighted by molar-refractivity contribution is -0.131. The Kier molecular flexibility index (Phi) is 6.17. The minimum Gasteiger partial charge on any atom is -0.341 e. The van der Waals surface area contributed by atoms with Crippen LogP contribution in [0.5, 0.6) is 0 Å². The average Bonchev–Trinajstić information content (AvgIpc) is 2.93. The number of nitrogens with one attached hydrogen (secondary N) is 1. The van der Waals surface area contributed by atoms with Gasteiger partial charge >= 0.3 is 0 Å². The van der Waals surface area contributed by atoms with Gasteiger partial charge in [-0.15, -0.1) is 0 Å². The van der Waals surface area contributed by atoms with E-state index in [1.807, 2.05) is 6.92 Å². The van der Waals surface area contributed by atoms with E-state index in [1.54, 1.807) is 0 Å². The summed E-state index contributed by atoms with van der Waals surface area (Å²) in [6.07, 6.45) is 8.62. The van der Waals surface area contributed by atoms with E-state index in [2.05, 4.69) is 34.1 Å². The second-order valence-electron chi connectivity index (χ2n) is 8.08. The molecule has 5 heteroatoms. The smallest absolute Gasteiger partial charge is 0.222 e. The molecule has 0 spiro atoms. The van der Waals surface area contributed by atoms with Crippen LogP contribution in [0.25, 0.3) is 0 Å². The molecule has 24 heavy (non-hydrogen) atoms. The molecular weight excluding hydrogens is 300 g/mol. The predicted molar refractivity (Wildman–Crippen MR) is 98.1 cm³/mol. The van der Waals surface area contributed by atoms with Crippen molar-refractivity contribution < 1.29 is 4.79 Å². The van der Waals surface area contributed by atoms with Crippen molar-refractivity contribution in [2.45, 2.75) is 76.0 Å². The van der Waals surface area contributed by atoms with Gasteiger partial charge in [0, 0.05) is 50.2 Å². The van der Waals surface area contributed by atoms with Crippen molar-refractivity contribution in [1.29, 1.82) is 0 Å². The van der Waals surface area contributed by atoms with Gasteiger partial charge in [0.05, 0.1) is 0 Å². The number of carbonyl (C=O) groups excluding carboxylic acids is 1. The van der Waals surface area contributed by atoms with Crippen molar-refractivity contribution in [3.63, 3.8) is 0 Å². The largest absolute Gasteiger partial charge is 0.341 e. The molecule has 4 saturated heterocycles. The van der Waals surface area contributed by atoms with E-state index in [9.17, 15) is 4.79 Å². The lowest BCUT2D eigenvalue weighted by atomic mass is 10.1. The number of likely N-dealkylation sites (tertiary alicyclic amines) is 1. The molecule has 0 aromatic carbocycles. The quantitative estimate of drug-likeness (QED) is 0.788. The molecule has 4 aliphatic heterocycles. The second kappa shape index (κ2) is 8.15. The number of rotatable bonds is 1. The molecule has 1 amide bonds. The maximum atomic E-state index is 11.6. The van der Waals surface area contributed by atoms with Crippen molar-refractivity contribution in [3.8, 4) is 0 Å². The van der Waals surface area contributed by atoms with Gasteiger partial charge in [0.15, 0.2) is 0 Å². The van der Waals surface area contributed by atoms with E-state index >= 15 is 0 Å². The van der Waals surface area contributed by atoms with Gasteiger partial charge in [0.1, 0.15) is 0 Å². The third-order valence-corrected chi connectivity index (χ3v) is 6.82. The number of nitrogens with zero attached hydrogens (tertiary/aromatic N) is 3. The summed E-state index contributed by atoms with van der Waals surface area (Å²) in [5.41, 5.74) is 0. The molecule has 0 radical (unpaired) electrons. The Labute approximate surface area is 147 Å². The van der Waals surface area contributed by atoms with E-state index < -0.39 is 0 Å². The molecule has 1 N–H and O–H groups in total. The Morgan fingerprint density at radius 2 is 1.54 bits per heavy atom. The molecule has 4 heterocycles. The summed E-state index contributed by atoms with van der Waals surface area (Å²) in [5, 5.41) is 3.47. The summed E-state index contributed by atoms with van der Waals surface area (Å²) in [4.78, 5) is 18.7. The summed E-state index contributed by atoms with van der Waals surface area (Å²) < 4.78 is 0. The number of hydrogen-bond acceptors (Lipinski definition) is 4. The maximum Gasteiger partial charge on any atom is 0.222 e. The van der Waals surface area contributed by atoms with Gasteiger partial charge < -0.3 is 10.2 Å². The molecule has 138 valence electrons. The fourth-order valence-corrected chi connectivity index (χ4v) is 4.98. The van der Waals surface area contributed by atoms with Crippen LogP contribution in [0.2, 0.25) is 0 Å². The van der Waals surface area contributed by atoms with E-state index in [4.69, 9.17) is 0 Å². The van der Waals surface area contributed by atoms with Crippen molar-refractivity contribution in [1.82, 2.24) is 20.0 Å². The van der Waals surface area contributed by atoms with Crippen LogP contribution in [-0.4, -0.2) is 85.0 Å². The molecule has 0 aromatic heterocycles. The molecule has 0 aliphatic carbocycles. The monoisotopic (exact) mass is 336 g/mol. The van der Waals surface area contributed by atoms with Crippen molar-refractivity contribution >= 4 is 5.91 Å². The minimum absolute atomic E-state index is 0.325. The van der Waals surface area contributed by atoms with Crippen LogP contribution in [0.3, 0.4) is 0 Å². The standard InChI is InChI=1S/C11H20N2O.C8H16N2/c1-3-11(14)13-7-6-9-4-5-10(8-13)12(9)2;1-10-7-2-3-8(10)6-9-5-4-7/h9-10H,3-8H2,1-2H3;7-9H,2-6H2,1H3. The van der Waals surface area contributed by atoms with Gasteiger partial charge in [-0.2, -0.15) is 0 Å². The first-order valence-corrected chi connectivity index (χ1v) is 10.0. The van der Waals surface area contributed by atoms with Gasteiger partial charge in [0.25, 0.3) is 0 Å². The summed E-state index contributed by atoms with van der Waals surface area (Å²) in [7, 11) is 4.48. The topological polar surface area (TPSA) is 38.8 Å². The molecule has 4 fully saturated rings. The number of amides is 1. The van der Waals surface area contributed by atoms with Crippen LogP contribution in [-0.2, 0) is 4.79 Å². The lowest BCUT2D eigenvalue weighted by Crippen LogP contribution is -2.39. The third-order valence-electron chi connectivity index (χ3n) is 6.82. The molecule has 5 nitrogen and oxygen atoms in total. The molecule has 0 aromatic rings. The van der Waals surface area contributed by atoms with Crippen LogP contribution in [0.15, 0.2) is 0 Å². The van der Waals surface area contributed by atoms with E-state index in [-0.39, 0.29) is 0 Å². The first kappa shape index (κ1) is 18.2. The van der Waals surface area contributed by atoms with Gasteiger partial charge in [-0.05, 0) is 59.2 Å². The fraction of sp³-hybridized carbons (Fsp3) is 0.947. The van der Waals surface area contributed by atoms with E-state index in [0.717, 1.165) is 31.2 Å². The van der Waals surface area contributed by atoms with Crippen LogP contribution < -0.4 is 5.32 Å². The number of hydrogen-bond donors (Lipinski definition) is 1. The minimum atomic E-state index is 0.325. The van der Waals surface area contributed by atoms with Crippen LogP contribution in [0.4, 0.5) is 0 Å². The second-order valence-corrected chi connectivity index (χ2v) is 8.08. The highest BCUT2D eigenvalue weighted by Gasteiger charge is 2.35. The summed E-state index contributed by atoms with van der Waals surface area (Å²) in [6.45, 7) is 6.32. The maximum absolute atomic E-state index is 11.6. The van der Waals surface area contributed by atoms with Crippen molar-refractivity contribution in [2.75, 3.05) is 40.3 Å². The molecular formula is C19H36N4O. The van der Waals surface area contributed by atoms with Gasteiger partial charge in [-0.1, -0.05) is 6.92 Å². The molecule has 4 unspecified atom stereocenters. The highest BCUT2D eigenvalue weighted by molar-refractivity contribution is 5.75. The molecule has 0 saturated carbocycles. The van der Waals surface area contributed by atoms with Gasteiger partial charge in [-0.3, -0.25) is 14.6 Å². The molecule has 4 aliphatic rings. The summed E-state index contributed by atoms with van der Waals surface area (Å²) in [5.74, 6) is 0.325. The van der Waals surface area contributed by atoms with Crippen LogP contribution in [0, 0.1) is 0 Å². The third kappa shape index (κ3) is 3.94. The molecule has 4 atom stereocenters. The van der Waals surface area contributed by atoms with E-state index in [0.29, 0.717) is 18.4 Å².